The summed E-state index contributed by atoms with van der Waals surface area (Å²) in [6.07, 6.45) is 0.850. The molecule has 2 aromatic rings. The van der Waals surface area contributed by atoms with E-state index in [1.54, 1.807) is 6.07 Å². The molecule has 2 N–H and O–H groups in total. The van der Waals surface area contributed by atoms with Crippen molar-refractivity contribution in [3.05, 3.63) is 52.3 Å². The van der Waals surface area contributed by atoms with Gasteiger partial charge in [0.15, 0.2) is 0 Å². The number of halogens is 2. The summed E-state index contributed by atoms with van der Waals surface area (Å²) in [4.78, 5) is 0. The second-order valence-electron chi connectivity index (χ2n) is 4.55. The Morgan fingerprint density at radius 1 is 1.26 bits per heavy atom. The van der Waals surface area contributed by atoms with E-state index >= 15 is 0 Å². The minimum absolute atomic E-state index is 0.301. The summed E-state index contributed by atoms with van der Waals surface area (Å²) in [5.74, 6) is 0.573. The zero-order valence-electron chi connectivity index (χ0n) is 10.2. The van der Waals surface area contributed by atoms with Gasteiger partial charge in [-0.1, -0.05) is 11.6 Å². The first-order valence-electron chi connectivity index (χ1n) is 6.13. The van der Waals surface area contributed by atoms with Crippen LogP contribution in [0.3, 0.4) is 0 Å². The lowest BCUT2D eigenvalue weighted by Gasteiger charge is -2.11. The Balaban J connectivity index is 2.18. The van der Waals surface area contributed by atoms with Gasteiger partial charge in [-0.25, -0.2) is 4.39 Å². The maximum atomic E-state index is 13.4. The van der Waals surface area contributed by atoms with E-state index in [1.807, 2.05) is 12.1 Å². The number of fused-ring (bicyclic) bond motifs is 1. The van der Waals surface area contributed by atoms with Crippen molar-refractivity contribution in [2.75, 3.05) is 6.61 Å². The molecule has 3 rings (SSSR count). The molecule has 2 aromatic carbocycles. The van der Waals surface area contributed by atoms with Crippen LogP contribution >= 0.6 is 11.6 Å². The molecule has 0 amide bonds. The van der Waals surface area contributed by atoms with E-state index in [0.29, 0.717) is 23.7 Å². The van der Waals surface area contributed by atoms with Crippen LogP contribution in [0, 0.1) is 5.82 Å². The molecule has 4 heteroatoms. The molecule has 0 bridgehead atoms. The SMILES string of the molecule is NCc1cc(-c2cc(F)ccc2Cl)cc2c1OCC2. The number of rotatable bonds is 2. The van der Waals surface area contributed by atoms with E-state index in [2.05, 4.69) is 0 Å². The van der Waals surface area contributed by atoms with E-state index in [4.69, 9.17) is 22.1 Å². The molecule has 1 heterocycles. The third-order valence-corrected chi connectivity index (χ3v) is 3.65. The van der Waals surface area contributed by atoms with Crippen molar-refractivity contribution in [3.8, 4) is 16.9 Å². The highest BCUT2D eigenvalue weighted by atomic mass is 35.5. The Morgan fingerprint density at radius 2 is 2.11 bits per heavy atom. The maximum absolute atomic E-state index is 13.4. The van der Waals surface area contributed by atoms with E-state index in [0.717, 1.165) is 28.9 Å². The lowest BCUT2D eigenvalue weighted by Crippen LogP contribution is -2.00. The standard InChI is InChI=1S/C15H13ClFNO/c16-14-2-1-12(17)7-13(14)10-5-9-3-4-19-15(9)11(6-10)8-18/h1-2,5-7H,3-4,8,18H2. The van der Waals surface area contributed by atoms with Crippen molar-refractivity contribution in [1.82, 2.24) is 0 Å². The van der Waals surface area contributed by atoms with Gasteiger partial charge < -0.3 is 10.5 Å². The van der Waals surface area contributed by atoms with Crippen LogP contribution in [-0.2, 0) is 13.0 Å². The molecule has 0 fully saturated rings. The van der Waals surface area contributed by atoms with Gasteiger partial charge in [0.2, 0.25) is 0 Å². The summed E-state index contributed by atoms with van der Waals surface area (Å²) >= 11 is 6.15. The first-order chi connectivity index (χ1) is 9.19. The third kappa shape index (κ3) is 2.20. The molecule has 0 radical (unpaired) electrons. The van der Waals surface area contributed by atoms with Crippen molar-refractivity contribution in [2.24, 2.45) is 5.73 Å². The van der Waals surface area contributed by atoms with Gasteiger partial charge in [-0.05, 0) is 41.5 Å². The van der Waals surface area contributed by atoms with Crippen LogP contribution < -0.4 is 10.5 Å². The summed E-state index contributed by atoms with van der Waals surface area (Å²) in [5, 5.41) is 0.531. The third-order valence-electron chi connectivity index (χ3n) is 3.32. The zero-order valence-corrected chi connectivity index (χ0v) is 11.0. The van der Waals surface area contributed by atoms with Gasteiger partial charge in [0, 0.05) is 29.1 Å². The van der Waals surface area contributed by atoms with Crippen LogP contribution in [0.2, 0.25) is 5.02 Å². The fourth-order valence-electron chi connectivity index (χ4n) is 2.41. The minimum Gasteiger partial charge on any atom is -0.493 e. The minimum atomic E-state index is -0.301. The van der Waals surface area contributed by atoms with E-state index in [9.17, 15) is 4.39 Å². The Morgan fingerprint density at radius 3 is 2.89 bits per heavy atom. The fourth-order valence-corrected chi connectivity index (χ4v) is 2.64. The maximum Gasteiger partial charge on any atom is 0.127 e. The van der Waals surface area contributed by atoms with Gasteiger partial charge in [-0.2, -0.15) is 0 Å². The van der Waals surface area contributed by atoms with Crippen LogP contribution in [0.4, 0.5) is 4.39 Å². The Labute approximate surface area is 115 Å². The molecule has 0 unspecified atom stereocenters. The molecule has 2 nitrogen and oxygen atoms in total. The smallest absolute Gasteiger partial charge is 0.127 e. The van der Waals surface area contributed by atoms with Crippen LogP contribution in [0.1, 0.15) is 11.1 Å². The summed E-state index contributed by atoms with van der Waals surface area (Å²) in [7, 11) is 0. The van der Waals surface area contributed by atoms with Crippen molar-refractivity contribution in [1.29, 1.82) is 0 Å². The Bertz CT molecular complexity index is 642. The molecule has 0 atom stereocenters. The molecule has 0 saturated carbocycles. The lowest BCUT2D eigenvalue weighted by atomic mass is 9.98. The highest BCUT2D eigenvalue weighted by Gasteiger charge is 2.18. The highest BCUT2D eigenvalue weighted by molar-refractivity contribution is 6.33. The first kappa shape index (κ1) is 12.5. The molecule has 0 aliphatic carbocycles. The molecule has 1 aliphatic heterocycles. The van der Waals surface area contributed by atoms with Gasteiger partial charge in [0.1, 0.15) is 11.6 Å². The monoisotopic (exact) mass is 277 g/mol. The molecular weight excluding hydrogens is 265 g/mol. The second kappa shape index (κ2) is 4.83. The fraction of sp³-hybridized carbons (Fsp3) is 0.200. The number of nitrogens with two attached hydrogens (primary N) is 1. The molecular formula is C15H13ClFNO. The molecule has 0 saturated heterocycles. The summed E-state index contributed by atoms with van der Waals surface area (Å²) in [6.45, 7) is 1.06. The van der Waals surface area contributed by atoms with E-state index in [-0.39, 0.29) is 5.82 Å². The second-order valence-corrected chi connectivity index (χ2v) is 4.96. The predicted molar refractivity (Wildman–Crippen MR) is 73.9 cm³/mol. The van der Waals surface area contributed by atoms with Crippen molar-refractivity contribution < 1.29 is 9.13 Å². The number of benzene rings is 2. The normalized spacial score (nSPS) is 13.2. The number of hydrogen-bond acceptors (Lipinski definition) is 2. The Hall–Kier alpha value is -1.58. The number of ether oxygens (including phenoxy) is 1. The van der Waals surface area contributed by atoms with Crippen molar-refractivity contribution in [3.63, 3.8) is 0 Å². The van der Waals surface area contributed by atoms with Gasteiger partial charge in [-0.15, -0.1) is 0 Å². The molecule has 98 valence electrons. The quantitative estimate of drug-likeness (QED) is 0.911. The zero-order chi connectivity index (χ0) is 13.4. The summed E-state index contributed by atoms with van der Waals surface area (Å²) < 4.78 is 19.0. The largest absolute Gasteiger partial charge is 0.493 e. The summed E-state index contributed by atoms with van der Waals surface area (Å²) in [5.41, 5.74) is 9.37. The summed E-state index contributed by atoms with van der Waals surface area (Å²) in [6, 6.07) is 8.29. The lowest BCUT2D eigenvalue weighted by molar-refractivity contribution is 0.353. The van der Waals surface area contributed by atoms with Gasteiger partial charge in [0.05, 0.1) is 6.61 Å². The van der Waals surface area contributed by atoms with Crippen LogP contribution in [0.5, 0.6) is 5.75 Å². The predicted octanol–water partition coefficient (Wildman–Crippen LogP) is 3.54. The van der Waals surface area contributed by atoms with Crippen LogP contribution in [-0.4, -0.2) is 6.61 Å². The van der Waals surface area contributed by atoms with Gasteiger partial charge in [0.25, 0.3) is 0 Å². The van der Waals surface area contributed by atoms with E-state index < -0.39 is 0 Å². The number of hydrogen-bond donors (Lipinski definition) is 1. The van der Waals surface area contributed by atoms with Gasteiger partial charge in [-0.3, -0.25) is 0 Å². The molecule has 1 aliphatic rings. The topological polar surface area (TPSA) is 35.2 Å². The van der Waals surface area contributed by atoms with Gasteiger partial charge >= 0.3 is 0 Å². The average Bonchev–Trinajstić information content (AvgIpc) is 2.88. The molecule has 19 heavy (non-hydrogen) atoms. The van der Waals surface area contributed by atoms with Crippen molar-refractivity contribution in [2.45, 2.75) is 13.0 Å². The average molecular weight is 278 g/mol. The molecule has 0 aromatic heterocycles. The van der Waals surface area contributed by atoms with Crippen LogP contribution in [0.25, 0.3) is 11.1 Å². The van der Waals surface area contributed by atoms with Crippen molar-refractivity contribution >= 4 is 11.6 Å². The Kier molecular flexibility index (Phi) is 3.17. The van der Waals surface area contributed by atoms with Crippen LogP contribution in [0.15, 0.2) is 30.3 Å². The first-order valence-corrected chi connectivity index (χ1v) is 6.51. The highest BCUT2D eigenvalue weighted by Crippen LogP contribution is 2.37. The van der Waals surface area contributed by atoms with E-state index in [1.165, 1.54) is 12.1 Å². The molecule has 0 spiro atoms.